The topological polar surface area (TPSA) is 107 Å². The zero-order valence-corrected chi connectivity index (χ0v) is 16.5. The van der Waals surface area contributed by atoms with Crippen LogP contribution in [0.15, 0.2) is 24.4 Å². The quantitative estimate of drug-likeness (QED) is 0.586. The molecule has 27 heavy (non-hydrogen) atoms. The Hall–Kier alpha value is -1.87. The summed E-state index contributed by atoms with van der Waals surface area (Å²) in [5.74, 6) is 0.280. The van der Waals surface area contributed by atoms with E-state index in [0.29, 0.717) is 31.2 Å². The Morgan fingerprint density at radius 1 is 1.30 bits per heavy atom. The van der Waals surface area contributed by atoms with Gasteiger partial charge in [0.05, 0.1) is 15.0 Å². The Morgan fingerprint density at radius 3 is 2.41 bits per heavy atom. The van der Waals surface area contributed by atoms with Crippen LogP contribution in [0.3, 0.4) is 0 Å². The fourth-order valence-electron chi connectivity index (χ4n) is 2.97. The monoisotopic (exact) mass is 433 g/mol. The molecule has 146 valence electrons. The number of carbonyl (C=O) groups excluding carboxylic acids is 1. The average molecular weight is 435 g/mol. The fraction of sp³-hybridized carbons (Fsp3) is 0.375. The van der Waals surface area contributed by atoms with Gasteiger partial charge in [-0.15, -0.1) is 12.4 Å². The molecular weight excluding hydrogens is 417 g/mol. The normalized spacial score (nSPS) is 14.7. The second-order valence-electron chi connectivity index (χ2n) is 6.13. The number of nitro benzene ring substituents is 1. The number of amides is 1. The van der Waals surface area contributed by atoms with Gasteiger partial charge < -0.3 is 10.6 Å². The number of likely N-dealkylation sites (tertiary alicyclic amines) is 1. The molecule has 0 spiro atoms. The van der Waals surface area contributed by atoms with Crippen LogP contribution in [0.2, 0.25) is 10.0 Å². The minimum Gasteiger partial charge on any atom is -0.337 e. The van der Waals surface area contributed by atoms with Crippen molar-refractivity contribution in [3.63, 3.8) is 0 Å². The van der Waals surface area contributed by atoms with Crippen LogP contribution >= 0.6 is 35.6 Å². The summed E-state index contributed by atoms with van der Waals surface area (Å²) >= 11 is 12.3. The van der Waals surface area contributed by atoms with Crippen molar-refractivity contribution >= 4 is 47.2 Å². The van der Waals surface area contributed by atoms with Crippen molar-refractivity contribution in [2.24, 2.45) is 11.7 Å². The maximum absolute atomic E-state index is 12.6. The maximum atomic E-state index is 12.6. The van der Waals surface area contributed by atoms with E-state index < -0.39 is 4.92 Å². The molecule has 1 aromatic heterocycles. The third kappa shape index (κ3) is 4.52. The van der Waals surface area contributed by atoms with Gasteiger partial charge in [-0.2, -0.15) is 5.10 Å². The summed E-state index contributed by atoms with van der Waals surface area (Å²) in [4.78, 5) is 24.7. The largest absolute Gasteiger partial charge is 0.337 e. The van der Waals surface area contributed by atoms with Crippen molar-refractivity contribution in [3.8, 4) is 5.69 Å². The number of nitrogens with two attached hydrogens (primary N) is 1. The second-order valence-corrected chi connectivity index (χ2v) is 6.95. The third-order valence-electron chi connectivity index (χ3n) is 4.48. The summed E-state index contributed by atoms with van der Waals surface area (Å²) in [5.41, 5.74) is 6.02. The molecule has 8 nitrogen and oxygen atoms in total. The Kier molecular flexibility index (Phi) is 7.05. The molecule has 0 aliphatic carbocycles. The summed E-state index contributed by atoms with van der Waals surface area (Å²) < 4.78 is 1.36. The van der Waals surface area contributed by atoms with Crippen molar-refractivity contribution in [1.29, 1.82) is 0 Å². The average Bonchev–Trinajstić information content (AvgIpc) is 3.10. The molecule has 1 saturated heterocycles. The standard InChI is InChI=1S/C16H17Cl2N5O3.ClH/c17-12-7-11(23(25)26)8-13(18)15(12)22-6-3-14(20-22)16(24)21-4-1-10(9-19)2-5-21;/h3,6-8,10H,1-2,4-5,9,19H2;1H. The van der Waals surface area contributed by atoms with Crippen LogP contribution in [0.5, 0.6) is 0 Å². The van der Waals surface area contributed by atoms with E-state index in [0.717, 1.165) is 12.8 Å². The van der Waals surface area contributed by atoms with E-state index in [1.165, 1.54) is 16.8 Å². The highest BCUT2D eigenvalue weighted by molar-refractivity contribution is 6.38. The first kappa shape index (κ1) is 21.4. The number of hydrogen-bond donors (Lipinski definition) is 1. The number of non-ortho nitro benzene ring substituents is 1. The van der Waals surface area contributed by atoms with Gasteiger partial charge in [0, 0.05) is 31.4 Å². The Labute approximate surface area is 171 Å². The van der Waals surface area contributed by atoms with Crippen molar-refractivity contribution in [3.05, 3.63) is 50.2 Å². The number of benzene rings is 1. The van der Waals surface area contributed by atoms with Gasteiger partial charge in [-0.3, -0.25) is 14.9 Å². The van der Waals surface area contributed by atoms with Gasteiger partial charge in [0.25, 0.3) is 11.6 Å². The SMILES string of the molecule is Cl.NCC1CCN(C(=O)c2ccn(-c3c(Cl)cc([N+](=O)[O-])cc3Cl)n2)CC1. The molecule has 1 aromatic carbocycles. The lowest BCUT2D eigenvalue weighted by Gasteiger charge is -2.30. The second kappa shape index (κ2) is 8.88. The van der Waals surface area contributed by atoms with E-state index in [1.54, 1.807) is 17.2 Å². The highest BCUT2D eigenvalue weighted by Crippen LogP contribution is 2.33. The van der Waals surface area contributed by atoms with Gasteiger partial charge >= 0.3 is 0 Å². The predicted octanol–water partition coefficient (Wildman–Crippen LogP) is 3.32. The first-order valence-corrected chi connectivity index (χ1v) is 8.85. The zero-order chi connectivity index (χ0) is 18.8. The van der Waals surface area contributed by atoms with E-state index >= 15 is 0 Å². The van der Waals surface area contributed by atoms with E-state index in [2.05, 4.69) is 5.10 Å². The highest BCUT2D eigenvalue weighted by atomic mass is 35.5. The van der Waals surface area contributed by atoms with E-state index in [1.807, 2.05) is 0 Å². The number of halogens is 3. The molecule has 0 atom stereocenters. The molecule has 11 heteroatoms. The molecule has 0 bridgehead atoms. The van der Waals surface area contributed by atoms with Crippen LogP contribution in [0.1, 0.15) is 23.3 Å². The number of rotatable bonds is 4. The summed E-state index contributed by atoms with van der Waals surface area (Å²) in [5, 5.41) is 15.3. The van der Waals surface area contributed by atoms with Crippen molar-refractivity contribution in [2.45, 2.75) is 12.8 Å². The van der Waals surface area contributed by atoms with Crippen LogP contribution in [0, 0.1) is 16.0 Å². The molecule has 3 rings (SSSR count). The lowest BCUT2D eigenvalue weighted by molar-refractivity contribution is -0.384. The van der Waals surface area contributed by atoms with Gasteiger partial charge in [-0.1, -0.05) is 23.2 Å². The number of aromatic nitrogens is 2. The fourth-order valence-corrected chi connectivity index (χ4v) is 3.62. The van der Waals surface area contributed by atoms with E-state index in [9.17, 15) is 14.9 Å². The van der Waals surface area contributed by atoms with Crippen LogP contribution in [0.4, 0.5) is 5.69 Å². The molecule has 1 aliphatic rings. The van der Waals surface area contributed by atoms with Crippen LogP contribution in [0.25, 0.3) is 5.69 Å². The highest BCUT2D eigenvalue weighted by Gasteiger charge is 2.25. The number of hydrogen-bond acceptors (Lipinski definition) is 5. The van der Waals surface area contributed by atoms with Crippen molar-refractivity contribution in [2.75, 3.05) is 19.6 Å². The molecule has 0 saturated carbocycles. The molecular formula is C16H18Cl3N5O3. The number of piperidine rings is 1. The van der Waals surface area contributed by atoms with E-state index in [-0.39, 0.29) is 39.7 Å². The summed E-state index contributed by atoms with van der Waals surface area (Å²) in [7, 11) is 0. The van der Waals surface area contributed by atoms with Gasteiger partial charge in [-0.05, 0) is 31.4 Å². The lowest BCUT2D eigenvalue weighted by Crippen LogP contribution is -2.40. The number of nitrogens with zero attached hydrogens (tertiary/aromatic N) is 4. The summed E-state index contributed by atoms with van der Waals surface area (Å²) in [6.07, 6.45) is 3.31. The van der Waals surface area contributed by atoms with Gasteiger partial charge in [-0.25, -0.2) is 4.68 Å². The maximum Gasteiger partial charge on any atom is 0.274 e. The van der Waals surface area contributed by atoms with Gasteiger partial charge in [0.2, 0.25) is 0 Å². The van der Waals surface area contributed by atoms with Crippen molar-refractivity contribution in [1.82, 2.24) is 14.7 Å². The summed E-state index contributed by atoms with van der Waals surface area (Å²) in [6, 6.07) is 3.97. The molecule has 2 N–H and O–H groups in total. The molecule has 1 amide bonds. The molecule has 1 fully saturated rings. The molecule has 1 aliphatic heterocycles. The Balaban J connectivity index is 0.00000261. The number of carbonyl (C=O) groups is 1. The molecule has 0 radical (unpaired) electrons. The minimum absolute atomic E-state index is 0. The Morgan fingerprint density at radius 2 is 1.89 bits per heavy atom. The van der Waals surface area contributed by atoms with Gasteiger partial charge in [0.1, 0.15) is 5.69 Å². The van der Waals surface area contributed by atoms with Crippen LogP contribution in [-0.4, -0.2) is 45.1 Å². The van der Waals surface area contributed by atoms with Crippen molar-refractivity contribution < 1.29 is 9.72 Å². The van der Waals surface area contributed by atoms with E-state index in [4.69, 9.17) is 28.9 Å². The molecule has 0 unspecified atom stereocenters. The first-order valence-electron chi connectivity index (χ1n) is 8.09. The third-order valence-corrected chi connectivity index (χ3v) is 5.06. The first-order chi connectivity index (χ1) is 12.4. The minimum atomic E-state index is -0.579. The zero-order valence-electron chi connectivity index (χ0n) is 14.2. The summed E-state index contributed by atoms with van der Waals surface area (Å²) in [6.45, 7) is 1.92. The predicted molar refractivity (Wildman–Crippen MR) is 105 cm³/mol. The lowest BCUT2D eigenvalue weighted by atomic mass is 9.97. The number of nitro groups is 1. The molecule has 2 aromatic rings. The van der Waals surface area contributed by atoms with Crippen LogP contribution < -0.4 is 5.73 Å². The Bertz CT molecular complexity index is 827. The smallest absolute Gasteiger partial charge is 0.274 e. The van der Waals surface area contributed by atoms with Gasteiger partial charge in [0.15, 0.2) is 5.69 Å². The van der Waals surface area contributed by atoms with Crippen LogP contribution in [-0.2, 0) is 0 Å². The molecule has 2 heterocycles.